The fourth-order valence-electron chi connectivity index (χ4n) is 4.70. The van der Waals surface area contributed by atoms with Gasteiger partial charge in [0.1, 0.15) is 5.69 Å². The number of aromatic nitrogens is 2. The Hall–Kier alpha value is -2.73. The number of nitrogens with zero attached hydrogens (tertiary/aromatic N) is 3. The van der Waals surface area contributed by atoms with E-state index in [1.54, 1.807) is 28.2 Å². The van der Waals surface area contributed by atoms with Crippen LogP contribution in [0.5, 0.6) is 0 Å². The molecular weight excluding hydrogens is 406 g/mol. The summed E-state index contributed by atoms with van der Waals surface area (Å²) in [6.45, 7) is 4.13. The lowest BCUT2D eigenvalue weighted by molar-refractivity contribution is -0.136. The summed E-state index contributed by atoms with van der Waals surface area (Å²) >= 11 is 1.62. The molecule has 0 spiro atoms. The Morgan fingerprint density at radius 1 is 1.16 bits per heavy atom. The molecule has 5 rings (SSSR count). The van der Waals surface area contributed by atoms with Gasteiger partial charge in [-0.3, -0.25) is 9.59 Å². The fourth-order valence-corrected chi connectivity index (χ4v) is 5.40. The molecule has 3 aromatic rings. The van der Waals surface area contributed by atoms with Gasteiger partial charge in [0.25, 0.3) is 5.56 Å². The predicted molar refractivity (Wildman–Crippen MR) is 123 cm³/mol. The summed E-state index contributed by atoms with van der Waals surface area (Å²) < 4.78 is 1.58. The zero-order valence-electron chi connectivity index (χ0n) is 17.8. The molecule has 2 aromatic heterocycles. The first kappa shape index (κ1) is 20.2. The van der Waals surface area contributed by atoms with Crippen LogP contribution in [0, 0.1) is 12.8 Å². The molecule has 3 heterocycles. The zero-order valence-corrected chi connectivity index (χ0v) is 18.6. The Morgan fingerprint density at radius 3 is 2.68 bits per heavy atom. The van der Waals surface area contributed by atoms with Gasteiger partial charge in [-0.15, -0.1) is 11.3 Å². The number of carbonyl (C=O) groups excluding carboxylic acids is 1. The summed E-state index contributed by atoms with van der Waals surface area (Å²) in [5.74, 6) is 0.504. The summed E-state index contributed by atoms with van der Waals surface area (Å²) in [6.07, 6.45) is 3.85. The maximum absolute atomic E-state index is 13.5. The van der Waals surface area contributed by atoms with Crippen LogP contribution in [0.4, 0.5) is 0 Å². The van der Waals surface area contributed by atoms with Gasteiger partial charge in [-0.2, -0.15) is 5.10 Å². The third-order valence-corrected chi connectivity index (χ3v) is 7.53. The second kappa shape index (κ2) is 8.08. The van der Waals surface area contributed by atoms with Crippen LogP contribution >= 0.6 is 11.3 Å². The molecule has 1 amide bonds. The van der Waals surface area contributed by atoms with Gasteiger partial charge in [-0.25, -0.2) is 4.68 Å². The van der Waals surface area contributed by atoms with Gasteiger partial charge in [0.15, 0.2) is 0 Å². The number of hydrogen-bond donors (Lipinski definition) is 0. The van der Waals surface area contributed by atoms with E-state index in [2.05, 4.69) is 36.3 Å². The third kappa shape index (κ3) is 3.97. The highest BCUT2D eigenvalue weighted by Crippen LogP contribution is 2.50. The van der Waals surface area contributed by atoms with E-state index >= 15 is 0 Å². The number of benzene rings is 1. The van der Waals surface area contributed by atoms with Crippen LogP contribution in [0.1, 0.15) is 36.8 Å². The Bertz CT molecular complexity index is 1130. The first-order valence-corrected chi connectivity index (χ1v) is 11.9. The molecule has 1 saturated carbocycles. The van der Waals surface area contributed by atoms with Gasteiger partial charge in [-0.1, -0.05) is 35.9 Å². The third-order valence-electron chi connectivity index (χ3n) is 6.64. The van der Waals surface area contributed by atoms with Crippen LogP contribution in [0.15, 0.2) is 58.7 Å². The summed E-state index contributed by atoms with van der Waals surface area (Å²) in [5, 5.41) is 6.62. The van der Waals surface area contributed by atoms with E-state index in [1.165, 1.54) is 5.56 Å². The molecule has 2 aliphatic rings. The standard InChI is InChI=1S/C25H27N3O2S/c1-18-6-8-20(9-7-18)25(12-13-25)24(30)27-14-2-4-19(16-27)17-28-23(29)11-10-21(26-28)22-5-3-15-31-22/h3,5-11,15,19H,2,4,12-14,16-17H2,1H3/t19-/m0/s1. The Kier molecular flexibility index (Phi) is 5.26. The van der Waals surface area contributed by atoms with E-state index < -0.39 is 0 Å². The molecule has 0 N–H and O–H groups in total. The quantitative estimate of drug-likeness (QED) is 0.604. The van der Waals surface area contributed by atoms with Crippen LogP contribution in [-0.2, 0) is 16.8 Å². The van der Waals surface area contributed by atoms with Gasteiger partial charge in [0.05, 0.1) is 10.3 Å². The van der Waals surface area contributed by atoms with E-state index in [0.717, 1.165) is 48.4 Å². The van der Waals surface area contributed by atoms with Crippen molar-refractivity contribution < 1.29 is 4.79 Å². The van der Waals surface area contributed by atoms with E-state index in [0.29, 0.717) is 13.1 Å². The second-order valence-corrected chi connectivity index (χ2v) is 9.87. The van der Waals surface area contributed by atoms with Crippen molar-refractivity contribution in [3.8, 4) is 10.6 Å². The molecular formula is C25H27N3O2S. The highest BCUT2D eigenvalue weighted by atomic mass is 32.1. The molecule has 0 radical (unpaired) electrons. The van der Waals surface area contributed by atoms with E-state index in [9.17, 15) is 9.59 Å². The number of carbonyl (C=O) groups is 1. The summed E-state index contributed by atoms with van der Waals surface area (Å²) in [5.41, 5.74) is 2.78. The number of aryl methyl sites for hydroxylation is 1. The summed E-state index contributed by atoms with van der Waals surface area (Å²) in [7, 11) is 0. The number of amides is 1. The van der Waals surface area contributed by atoms with Gasteiger partial charge < -0.3 is 4.90 Å². The Morgan fingerprint density at radius 2 is 1.97 bits per heavy atom. The van der Waals surface area contributed by atoms with Crippen LogP contribution in [0.2, 0.25) is 0 Å². The Labute approximate surface area is 186 Å². The number of rotatable bonds is 5. The lowest BCUT2D eigenvalue weighted by Crippen LogP contribution is -2.46. The highest BCUT2D eigenvalue weighted by Gasteiger charge is 2.53. The number of hydrogen-bond acceptors (Lipinski definition) is 4. The SMILES string of the molecule is Cc1ccc(C2(C(=O)N3CCC[C@H](Cn4nc(-c5cccs5)ccc4=O)C3)CC2)cc1. The molecule has 160 valence electrons. The molecule has 6 heteroatoms. The molecule has 5 nitrogen and oxygen atoms in total. The van der Waals surface area contributed by atoms with Crippen molar-refractivity contribution in [1.82, 2.24) is 14.7 Å². The number of thiophene rings is 1. The molecule has 1 aliphatic carbocycles. The number of likely N-dealkylation sites (tertiary alicyclic amines) is 1. The molecule has 2 fully saturated rings. The first-order chi connectivity index (χ1) is 15.0. The average molecular weight is 434 g/mol. The second-order valence-electron chi connectivity index (χ2n) is 8.92. The van der Waals surface area contributed by atoms with Crippen molar-refractivity contribution in [2.75, 3.05) is 13.1 Å². The molecule has 1 aromatic carbocycles. The van der Waals surface area contributed by atoms with Gasteiger partial charge in [-0.05, 0) is 61.6 Å². The topological polar surface area (TPSA) is 55.2 Å². The molecule has 1 aliphatic heterocycles. The minimum Gasteiger partial charge on any atom is -0.342 e. The molecule has 1 atom stereocenters. The van der Waals surface area contributed by atoms with Crippen LogP contribution in [0.3, 0.4) is 0 Å². The lowest BCUT2D eigenvalue weighted by Gasteiger charge is -2.35. The first-order valence-electron chi connectivity index (χ1n) is 11.0. The maximum Gasteiger partial charge on any atom is 0.266 e. The smallest absolute Gasteiger partial charge is 0.266 e. The van der Waals surface area contributed by atoms with Gasteiger partial charge in [0, 0.05) is 25.7 Å². The van der Waals surface area contributed by atoms with E-state index in [-0.39, 0.29) is 22.8 Å². The molecule has 1 saturated heterocycles. The van der Waals surface area contributed by atoms with Gasteiger partial charge >= 0.3 is 0 Å². The van der Waals surface area contributed by atoms with Crippen molar-refractivity contribution in [3.63, 3.8) is 0 Å². The van der Waals surface area contributed by atoms with Crippen LogP contribution < -0.4 is 5.56 Å². The van der Waals surface area contributed by atoms with Crippen LogP contribution in [-0.4, -0.2) is 33.7 Å². The summed E-state index contributed by atoms with van der Waals surface area (Å²) in [6, 6.07) is 15.8. The maximum atomic E-state index is 13.5. The fraction of sp³-hybridized carbons (Fsp3) is 0.400. The minimum atomic E-state index is -0.330. The van der Waals surface area contributed by atoms with E-state index in [1.807, 2.05) is 22.4 Å². The summed E-state index contributed by atoms with van der Waals surface area (Å²) in [4.78, 5) is 29.0. The Balaban J connectivity index is 1.31. The monoisotopic (exact) mass is 433 g/mol. The molecule has 0 unspecified atom stereocenters. The largest absolute Gasteiger partial charge is 0.342 e. The normalized spacial score (nSPS) is 19.9. The highest BCUT2D eigenvalue weighted by molar-refractivity contribution is 7.13. The number of piperidine rings is 1. The molecule has 0 bridgehead atoms. The lowest BCUT2D eigenvalue weighted by atomic mass is 9.91. The van der Waals surface area contributed by atoms with E-state index in [4.69, 9.17) is 0 Å². The average Bonchev–Trinajstić information content (AvgIpc) is 3.41. The van der Waals surface area contributed by atoms with Crippen molar-refractivity contribution in [1.29, 1.82) is 0 Å². The van der Waals surface area contributed by atoms with Crippen molar-refractivity contribution in [3.05, 3.63) is 75.4 Å². The van der Waals surface area contributed by atoms with Crippen LogP contribution in [0.25, 0.3) is 10.6 Å². The minimum absolute atomic E-state index is 0.0814. The molecule has 31 heavy (non-hydrogen) atoms. The predicted octanol–water partition coefficient (Wildman–Crippen LogP) is 4.25. The van der Waals surface area contributed by atoms with Crippen molar-refractivity contribution in [2.45, 2.75) is 44.6 Å². The van der Waals surface area contributed by atoms with Gasteiger partial charge in [0.2, 0.25) is 5.91 Å². The van der Waals surface area contributed by atoms with Crippen molar-refractivity contribution >= 4 is 17.2 Å². The van der Waals surface area contributed by atoms with Crippen molar-refractivity contribution in [2.24, 2.45) is 5.92 Å². The zero-order chi connectivity index (χ0) is 21.4.